The average molecular weight is 239 g/mol. The van der Waals surface area contributed by atoms with E-state index in [2.05, 4.69) is 4.98 Å². The summed E-state index contributed by atoms with van der Waals surface area (Å²) in [4.78, 5) is 15.9. The number of benzene rings is 1. The summed E-state index contributed by atoms with van der Waals surface area (Å²) in [5, 5.41) is 9.23. The van der Waals surface area contributed by atoms with Gasteiger partial charge in [-0.1, -0.05) is 0 Å². The minimum Gasteiger partial charge on any atom is -0.508 e. The number of rotatable bonds is 1. The third-order valence-electron chi connectivity index (χ3n) is 2.64. The highest BCUT2D eigenvalue weighted by Gasteiger charge is 2.07. The molecule has 0 atom stereocenters. The van der Waals surface area contributed by atoms with E-state index in [9.17, 15) is 9.90 Å². The predicted octanol–water partition coefficient (Wildman–Crippen LogP) is 2.56. The van der Waals surface area contributed by atoms with E-state index in [1.165, 1.54) is 6.07 Å². The van der Waals surface area contributed by atoms with Crippen molar-refractivity contribution in [2.45, 2.75) is 0 Å². The highest BCUT2D eigenvalue weighted by atomic mass is 16.3. The van der Waals surface area contributed by atoms with Crippen molar-refractivity contribution < 1.29 is 9.52 Å². The van der Waals surface area contributed by atoms with Gasteiger partial charge in [-0.25, -0.2) is 4.98 Å². The molecule has 3 aromatic rings. The molecule has 2 aromatic heterocycles. The molecular formula is C14H9NO3. The van der Waals surface area contributed by atoms with E-state index in [1.807, 2.05) is 0 Å². The van der Waals surface area contributed by atoms with Gasteiger partial charge in [0.1, 0.15) is 11.5 Å². The lowest BCUT2D eigenvalue weighted by atomic mass is 10.1. The monoisotopic (exact) mass is 239 g/mol. The summed E-state index contributed by atoms with van der Waals surface area (Å²) in [5.41, 5.74) is 1.32. The molecule has 0 aliphatic carbocycles. The van der Waals surface area contributed by atoms with Crippen molar-refractivity contribution in [1.29, 1.82) is 0 Å². The summed E-state index contributed by atoms with van der Waals surface area (Å²) in [5.74, 6) is 0.629. The van der Waals surface area contributed by atoms with Gasteiger partial charge in [-0.2, -0.15) is 0 Å². The van der Waals surface area contributed by atoms with Crippen molar-refractivity contribution in [2.24, 2.45) is 0 Å². The molecule has 0 saturated carbocycles. The molecular weight excluding hydrogens is 230 g/mol. The largest absolute Gasteiger partial charge is 0.508 e. The lowest BCUT2D eigenvalue weighted by molar-refractivity contribution is 0.475. The Balaban J connectivity index is 2.24. The summed E-state index contributed by atoms with van der Waals surface area (Å²) < 4.78 is 5.62. The molecule has 0 spiro atoms. The van der Waals surface area contributed by atoms with Crippen LogP contribution >= 0.6 is 0 Å². The topological polar surface area (TPSA) is 63.3 Å². The smallest absolute Gasteiger partial charge is 0.211 e. The summed E-state index contributed by atoms with van der Waals surface area (Å²) in [6.45, 7) is 0. The normalized spacial score (nSPS) is 10.7. The minimum absolute atomic E-state index is 0.170. The maximum Gasteiger partial charge on any atom is 0.211 e. The number of aromatic hydroxyl groups is 1. The molecule has 18 heavy (non-hydrogen) atoms. The molecule has 4 nitrogen and oxygen atoms in total. The Morgan fingerprint density at radius 2 is 1.89 bits per heavy atom. The first-order valence-electron chi connectivity index (χ1n) is 5.42. The van der Waals surface area contributed by atoms with E-state index in [4.69, 9.17) is 4.42 Å². The molecule has 0 amide bonds. The van der Waals surface area contributed by atoms with Gasteiger partial charge in [-0.15, -0.1) is 0 Å². The van der Waals surface area contributed by atoms with Crippen LogP contribution in [0.3, 0.4) is 0 Å². The van der Waals surface area contributed by atoms with Gasteiger partial charge < -0.3 is 9.52 Å². The second-order valence-electron chi connectivity index (χ2n) is 3.87. The predicted molar refractivity (Wildman–Crippen MR) is 67.4 cm³/mol. The molecule has 0 aliphatic heterocycles. The number of nitrogens with zero attached hydrogens (tertiary/aromatic N) is 1. The van der Waals surface area contributed by atoms with Gasteiger partial charge >= 0.3 is 0 Å². The number of aromatic nitrogens is 1. The molecule has 1 aromatic carbocycles. The van der Waals surface area contributed by atoms with Gasteiger partial charge in [0, 0.05) is 17.8 Å². The van der Waals surface area contributed by atoms with Crippen molar-refractivity contribution in [2.75, 3.05) is 0 Å². The Labute approximate surface area is 102 Å². The lowest BCUT2D eigenvalue weighted by Gasteiger charge is -2.02. The first-order valence-corrected chi connectivity index (χ1v) is 5.42. The second kappa shape index (κ2) is 4.00. The molecule has 0 aliphatic rings. The minimum atomic E-state index is -0.181. The zero-order valence-electron chi connectivity index (χ0n) is 9.33. The fourth-order valence-electron chi connectivity index (χ4n) is 1.76. The van der Waals surface area contributed by atoms with Crippen LogP contribution in [-0.2, 0) is 0 Å². The zero-order chi connectivity index (χ0) is 12.5. The summed E-state index contributed by atoms with van der Waals surface area (Å²) in [7, 11) is 0. The van der Waals surface area contributed by atoms with Crippen LogP contribution in [0.4, 0.5) is 0 Å². The summed E-state index contributed by atoms with van der Waals surface area (Å²) in [6.07, 6.45) is 1.56. The van der Waals surface area contributed by atoms with Crippen LogP contribution in [0.1, 0.15) is 0 Å². The molecule has 3 rings (SSSR count). The highest BCUT2D eigenvalue weighted by Crippen LogP contribution is 2.23. The Morgan fingerprint density at radius 1 is 1.11 bits per heavy atom. The Morgan fingerprint density at radius 3 is 2.67 bits per heavy atom. The number of hydrogen-bond donors (Lipinski definition) is 1. The molecule has 2 heterocycles. The van der Waals surface area contributed by atoms with Crippen LogP contribution in [0.2, 0.25) is 0 Å². The van der Waals surface area contributed by atoms with E-state index in [0.29, 0.717) is 16.9 Å². The van der Waals surface area contributed by atoms with Crippen LogP contribution in [0.15, 0.2) is 57.9 Å². The third-order valence-corrected chi connectivity index (χ3v) is 2.64. The van der Waals surface area contributed by atoms with Crippen LogP contribution in [0.25, 0.3) is 22.4 Å². The molecule has 4 heteroatoms. The maximum atomic E-state index is 11.9. The number of phenols is 1. The number of hydrogen-bond acceptors (Lipinski definition) is 4. The average Bonchev–Trinajstić information content (AvgIpc) is 2.39. The Bertz CT molecular complexity index is 760. The first-order chi connectivity index (χ1) is 8.74. The van der Waals surface area contributed by atoms with Crippen molar-refractivity contribution in [3.8, 4) is 17.1 Å². The van der Waals surface area contributed by atoms with Gasteiger partial charge in [0.15, 0.2) is 11.1 Å². The molecule has 1 N–H and O–H groups in total. The Hall–Kier alpha value is -2.62. The van der Waals surface area contributed by atoms with Gasteiger partial charge in [-0.05, 0) is 36.4 Å². The fraction of sp³-hybridized carbons (Fsp3) is 0. The molecule has 0 radical (unpaired) electrons. The standard InChI is InChI=1S/C14H9NO3/c16-10-5-3-9(4-6-10)13-8-11(17)14-12(18-13)2-1-7-15-14/h1-8,16H. The van der Waals surface area contributed by atoms with Crippen LogP contribution in [0, 0.1) is 0 Å². The van der Waals surface area contributed by atoms with Crippen LogP contribution in [0.5, 0.6) is 5.75 Å². The van der Waals surface area contributed by atoms with E-state index < -0.39 is 0 Å². The van der Waals surface area contributed by atoms with Crippen molar-refractivity contribution in [1.82, 2.24) is 4.98 Å². The van der Waals surface area contributed by atoms with E-state index in [-0.39, 0.29) is 11.2 Å². The van der Waals surface area contributed by atoms with Crippen molar-refractivity contribution in [3.05, 3.63) is 58.9 Å². The van der Waals surface area contributed by atoms with Crippen LogP contribution < -0.4 is 5.43 Å². The van der Waals surface area contributed by atoms with E-state index >= 15 is 0 Å². The van der Waals surface area contributed by atoms with Gasteiger partial charge in [0.05, 0.1) is 0 Å². The number of phenolic OH excluding ortho intramolecular Hbond substituents is 1. The third kappa shape index (κ3) is 1.73. The number of pyridine rings is 1. The zero-order valence-corrected chi connectivity index (χ0v) is 9.33. The summed E-state index contributed by atoms with van der Waals surface area (Å²) in [6, 6.07) is 11.3. The SMILES string of the molecule is O=c1cc(-c2ccc(O)cc2)oc2cccnc12. The second-order valence-corrected chi connectivity index (χ2v) is 3.87. The quantitative estimate of drug-likeness (QED) is 0.708. The van der Waals surface area contributed by atoms with Crippen LogP contribution in [-0.4, -0.2) is 10.1 Å². The lowest BCUT2D eigenvalue weighted by Crippen LogP contribution is -2.01. The van der Waals surface area contributed by atoms with Crippen molar-refractivity contribution >= 4 is 11.1 Å². The molecule has 0 unspecified atom stereocenters. The number of fused-ring (bicyclic) bond motifs is 1. The van der Waals surface area contributed by atoms with Gasteiger partial charge in [0.2, 0.25) is 5.43 Å². The Kier molecular flexibility index (Phi) is 2.34. The van der Waals surface area contributed by atoms with E-state index in [1.54, 1.807) is 42.6 Å². The molecule has 88 valence electrons. The first kappa shape index (κ1) is 10.5. The summed E-state index contributed by atoms with van der Waals surface area (Å²) >= 11 is 0. The highest BCUT2D eigenvalue weighted by molar-refractivity contribution is 5.74. The molecule has 0 fully saturated rings. The maximum absolute atomic E-state index is 11.9. The molecule has 0 saturated heterocycles. The van der Waals surface area contributed by atoms with E-state index in [0.717, 1.165) is 5.56 Å². The fourth-order valence-corrected chi connectivity index (χ4v) is 1.76. The van der Waals surface area contributed by atoms with Crippen molar-refractivity contribution in [3.63, 3.8) is 0 Å². The van der Waals surface area contributed by atoms with Gasteiger partial charge in [-0.3, -0.25) is 4.79 Å². The van der Waals surface area contributed by atoms with Gasteiger partial charge in [0.25, 0.3) is 0 Å². The molecule has 0 bridgehead atoms.